The van der Waals surface area contributed by atoms with Gasteiger partial charge < -0.3 is 46.5 Å². The predicted molar refractivity (Wildman–Crippen MR) is 275 cm³/mol. The number of amides is 7. The number of nitrogens with zero attached hydrogens (tertiary/aromatic N) is 3. The summed E-state index contributed by atoms with van der Waals surface area (Å²) in [5.41, 5.74) is 11.5. The van der Waals surface area contributed by atoms with E-state index in [0.29, 0.717) is 29.8 Å². The maximum atomic E-state index is 14.4. The largest absolute Gasteiger partial charge is 0.491 e. The lowest BCUT2D eigenvalue weighted by atomic mass is 9.85. The van der Waals surface area contributed by atoms with Crippen molar-refractivity contribution in [1.82, 2.24) is 31.2 Å². The van der Waals surface area contributed by atoms with Crippen LogP contribution in [0.25, 0.3) is 10.4 Å². The first kappa shape index (κ1) is 53.9. The predicted octanol–water partition coefficient (Wildman–Crippen LogP) is 4.96. The van der Waals surface area contributed by atoms with Crippen molar-refractivity contribution >= 4 is 58.6 Å². The van der Waals surface area contributed by atoms with Crippen LogP contribution in [0.2, 0.25) is 0 Å². The molecule has 0 bridgehead atoms. The fraction of sp³-hybridized carbons (Fsp3) is 0.481. The van der Waals surface area contributed by atoms with E-state index in [4.69, 9.17) is 15.2 Å². The maximum absolute atomic E-state index is 14.4. The van der Waals surface area contributed by atoms with Gasteiger partial charge in [-0.15, -0.1) is 11.3 Å². The Morgan fingerprint density at radius 2 is 1.62 bits per heavy atom. The van der Waals surface area contributed by atoms with Gasteiger partial charge in [0, 0.05) is 25.8 Å². The third-order valence-corrected chi connectivity index (χ3v) is 14.2. The molecule has 1 fully saturated rings. The molecule has 0 spiro atoms. The van der Waals surface area contributed by atoms with Gasteiger partial charge in [0.05, 0.1) is 46.4 Å². The van der Waals surface area contributed by atoms with Crippen molar-refractivity contribution in [2.45, 2.75) is 148 Å². The van der Waals surface area contributed by atoms with E-state index >= 15 is 0 Å². The number of aryl methyl sites for hydroxylation is 2. The number of β-amino-alcohol motifs (C(OH)–C–C–N with tert-alkyl or cyclic N) is 1. The van der Waals surface area contributed by atoms with Crippen molar-refractivity contribution in [3.63, 3.8) is 0 Å². The molecule has 7 rings (SSSR count). The highest BCUT2D eigenvalue weighted by molar-refractivity contribution is 7.13. The van der Waals surface area contributed by atoms with Gasteiger partial charge in [-0.1, -0.05) is 75.4 Å². The molecule has 7 N–H and O–H groups in total. The molecule has 0 aliphatic carbocycles. The van der Waals surface area contributed by atoms with E-state index in [2.05, 4.69) is 26.3 Å². The molecule has 19 heteroatoms. The van der Waals surface area contributed by atoms with E-state index in [-0.39, 0.29) is 45.3 Å². The van der Waals surface area contributed by atoms with Gasteiger partial charge >= 0.3 is 6.09 Å². The molecule has 73 heavy (non-hydrogen) atoms. The molecule has 1 aromatic heterocycles. The third kappa shape index (κ3) is 13.4. The minimum Gasteiger partial charge on any atom is -0.491 e. The number of aliphatic hydroxyl groups excluding tert-OH is 1. The highest BCUT2D eigenvalue weighted by Crippen LogP contribution is 2.39. The Balaban J connectivity index is 0.976. The molecule has 0 unspecified atom stereocenters. The molecule has 7 amide bonds. The van der Waals surface area contributed by atoms with Crippen LogP contribution in [0.4, 0.5) is 10.5 Å². The lowest BCUT2D eigenvalue weighted by Crippen LogP contribution is -2.58. The van der Waals surface area contributed by atoms with Gasteiger partial charge in [-0.3, -0.25) is 33.7 Å². The van der Waals surface area contributed by atoms with Gasteiger partial charge in [-0.2, -0.15) is 0 Å². The quantitative estimate of drug-likeness (QED) is 0.0825. The number of ether oxygens (including phenoxy) is 2. The maximum Gasteiger partial charge on any atom is 0.408 e. The van der Waals surface area contributed by atoms with Crippen LogP contribution in [-0.2, 0) is 52.8 Å². The van der Waals surface area contributed by atoms with Gasteiger partial charge in [0.1, 0.15) is 42.1 Å². The molecule has 18 nitrogen and oxygen atoms in total. The number of likely N-dealkylation sites (tertiary alicyclic amines) is 1. The van der Waals surface area contributed by atoms with Crippen LogP contribution in [0.5, 0.6) is 5.75 Å². The number of nitrogens with two attached hydrogens (primary N) is 1. The lowest BCUT2D eigenvalue weighted by Gasteiger charge is -2.35. The number of hydrogen-bond donors (Lipinski definition) is 6. The number of carbonyl (C=O) groups is 7. The summed E-state index contributed by atoms with van der Waals surface area (Å²) >= 11 is 1.56. The molecule has 4 heterocycles. The average molecular weight is 1020 g/mol. The number of rotatable bonds is 17. The molecule has 3 aliphatic rings. The Morgan fingerprint density at radius 3 is 2.29 bits per heavy atom. The molecular formula is C54H68N8O10S. The first-order chi connectivity index (χ1) is 34.4. The number of hydrogen-bond acceptors (Lipinski definition) is 12. The second-order valence-corrected chi connectivity index (χ2v) is 22.2. The molecule has 390 valence electrons. The second-order valence-electron chi connectivity index (χ2n) is 21.3. The smallest absolute Gasteiger partial charge is 0.408 e. The number of primary amides is 1. The summed E-state index contributed by atoms with van der Waals surface area (Å²) < 4.78 is 11.6. The molecule has 0 saturated carbocycles. The zero-order valence-corrected chi connectivity index (χ0v) is 43.6. The van der Waals surface area contributed by atoms with Gasteiger partial charge in [-0.05, 0) is 99.2 Å². The molecular weight excluding hydrogens is 953 g/mol. The summed E-state index contributed by atoms with van der Waals surface area (Å²) in [6, 6.07) is 15.3. The van der Waals surface area contributed by atoms with E-state index in [1.807, 2.05) is 77.1 Å². The highest BCUT2D eigenvalue weighted by atomic mass is 32.1. The zero-order valence-electron chi connectivity index (χ0n) is 42.8. The monoisotopic (exact) mass is 1020 g/mol. The van der Waals surface area contributed by atoms with Crippen LogP contribution in [0.1, 0.15) is 108 Å². The van der Waals surface area contributed by atoms with Crippen molar-refractivity contribution < 1.29 is 48.1 Å². The Bertz CT molecular complexity index is 2710. The van der Waals surface area contributed by atoms with Gasteiger partial charge in [0.25, 0.3) is 0 Å². The fourth-order valence-electron chi connectivity index (χ4n) is 9.59. The minimum absolute atomic E-state index is 0.0435. The summed E-state index contributed by atoms with van der Waals surface area (Å²) in [6.45, 7) is 14.3. The number of aromatic nitrogens is 1. The minimum atomic E-state index is -1.05. The van der Waals surface area contributed by atoms with E-state index in [0.717, 1.165) is 32.8 Å². The molecule has 0 radical (unpaired) electrons. The molecule has 3 aromatic carbocycles. The normalized spacial score (nSPS) is 19.7. The number of para-hydroxylation sites is 1. The number of anilines is 1. The number of benzene rings is 3. The summed E-state index contributed by atoms with van der Waals surface area (Å²) in [4.78, 5) is 103. The van der Waals surface area contributed by atoms with Crippen LogP contribution in [-0.4, -0.2) is 112 Å². The fourth-order valence-corrected chi connectivity index (χ4v) is 10.4. The Morgan fingerprint density at radius 1 is 0.918 bits per heavy atom. The highest BCUT2D eigenvalue weighted by Gasteiger charge is 2.46. The standard InChI is InChI=1S/C54H68N8O10S/c1-30(33-15-17-35(18-16-33)46-31(2)56-29-73-46)57-48(66)41-26-38(63)27-61(41)51(69)47(53(3,4)5)60-44(65)24-32-11-9-14-39(23-32)71-28-37(20-22-43(55)64)58-49(67)42-25-36-13-10-12-34-19-21-40(50(68)62(42)45(34)36)59-52(70)72-54(6,7)8/h9-18,23,29-30,37-38,40-42,47,63H,19-22,24-28H2,1-8H3,(H2,55,64)(H,57,66)(H,58,67)(H,59,70)(H,60,65)/t30-,37-,38+,40-,41-,42-,47+/m0/s1. The van der Waals surface area contributed by atoms with E-state index in [1.54, 1.807) is 61.9 Å². The van der Waals surface area contributed by atoms with E-state index < -0.39 is 94.9 Å². The molecule has 1 saturated heterocycles. The van der Waals surface area contributed by atoms with Crippen molar-refractivity contribution in [3.8, 4) is 16.2 Å². The van der Waals surface area contributed by atoms with Crippen molar-refractivity contribution in [1.29, 1.82) is 0 Å². The number of alkyl carbamates (subject to hydrolysis) is 1. The Hall–Kier alpha value is -6.86. The number of carbonyl (C=O) groups excluding carboxylic acids is 7. The zero-order chi connectivity index (χ0) is 52.9. The van der Waals surface area contributed by atoms with E-state index in [9.17, 15) is 38.7 Å². The van der Waals surface area contributed by atoms with Gasteiger partial charge in [-0.25, -0.2) is 9.78 Å². The van der Waals surface area contributed by atoms with Crippen LogP contribution >= 0.6 is 11.3 Å². The molecule has 7 atom stereocenters. The third-order valence-electron chi connectivity index (χ3n) is 13.3. The summed E-state index contributed by atoms with van der Waals surface area (Å²) in [5.74, 6) is -2.49. The molecule has 4 aromatic rings. The van der Waals surface area contributed by atoms with Crippen molar-refractivity contribution in [3.05, 3.63) is 100 Å². The number of nitrogens with one attached hydrogen (secondary N) is 4. The van der Waals surface area contributed by atoms with Crippen LogP contribution in [0.15, 0.2) is 72.2 Å². The average Bonchev–Trinajstić information content (AvgIpc) is 4.03. The van der Waals surface area contributed by atoms with Crippen molar-refractivity contribution in [2.24, 2.45) is 11.1 Å². The molecule has 3 aliphatic heterocycles. The Labute approximate surface area is 430 Å². The second kappa shape index (κ2) is 22.5. The summed E-state index contributed by atoms with van der Waals surface area (Å²) in [5, 5.41) is 22.4. The van der Waals surface area contributed by atoms with Crippen LogP contribution < -0.4 is 36.6 Å². The lowest BCUT2D eigenvalue weighted by molar-refractivity contribution is -0.144. The SMILES string of the molecule is Cc1ncsc1-c1ccc([C@H](C)NC(=O)[C@@H]2C[C@@H](O)CN2C(=O)[C@@H](NC(=O)Cc2cccc(OC[C@H](CCC(N)=O)NC(=O)[C@@H]3Cc4cccc5c4N3C(=O)[C@@H](NC(=O)OC(C)(C)C)CC5)c2)C(C)(C)C)cc1. The number of aliphatic hydroxyl groups is 1. The van der Waals surface area contributed by atoms with Gasteiger partial charge in [0.2, 0.25) is 35.4 Å². The topological polar surface area (TPSA) is 252 Å². The van der Waals surface area contributed by atoms with Crippen LogP contribution in [0, 0.1) is 12.3 Å². The summed E-state index contributed by atoms with van der Waals surface area (Å²) in [7, 11) is 0. The van der Waals surface area contributed by atoms with Crippen molar-refractivity contribution in [2.75, 3.05) is 18.1 Å². The summed E-state index contributed by atoms with van der Waals surface area (Å²) in [6.07, 6.45) is -0.677. The van der Waals surface area contributed by atoms with Gasteiger partial charge in [0.15, 0.2) is 0 Å². The van der Waals surface area contributed by atoms with E-state index in [1.165, 1.54) is 9.80 Å². The number of thiazole rings is 1. The first-order valence-electron chi connectivity index (χ1n) is 24.8. The van der Waals surface area contributed by atoms with Crippen LogP contribution in [0.3, 0.4) is 0 Å². The Kier molecular flexibility index (Phi) is 16.6. The first-order valence-corrected chi connectivity index (χ1v) is 25.7.